The zero-order chi connectivity index (χ0) is 17.3. The normalized spacial score (nSPS) is 11.1. The molecule has 0 N–H and O–H groups in total. The Kier molecular flexibility index (Phi) is 8.02. The molecule has 0 spiro atoms. The zero-order valence-corrected chi connectivity index (χ0v) is 15.7. The lowest BCUT2D eigenvalue weighted by Gasteiger charge is -2.18. The molecular weight excluding hydrogens is 308 g/mol. The molecule has 0 bridgehead atoms. The van der Waals surface area contributed by atoms with Crippen molar-refractivity contribution in [3.05, 3.63) is 35.4 Å². The van der Waals surface area contributed by atoms with Gasteiger partial charge in [-0.3, -0.25) is 0 Å². The molecule has 0 atom stereocenters. The number of rotatable bonds is 9. The second-order valence-electron chi connectivity index (χ2n) is 6.60. The summed E-state index contributed by atoms with van der Waals surface area (Å²) in [6, 6.07) is 6.67. The predicted octanol–water partition coefficient (Wildman–Crippen LogP) is 4.81. The molecule has 0 saturated heterocycles. The van der Waals surface area contributed by atoms with E-state index in [4.69, 9.17) is 9.16 Å². The summed E-state index contributed by atoms with van der Waals surface area (Å²) in [5, 5.41) is 0. The fourth-order valence-corrected chi connectivity index (χ4v) is 2.79. The number of hydrogen-bond donors (Lipinski definition) is 0. The minimum atomic E-state index is -2.01. The molecule has 0 aliphatic carbocycles. The van der Waals surface area contributed by atoms with E-state index in [0.29, 0.717) is 6.61 Å². The first kappa shape index (κ1) is 19.4. The van der Waals surface area contributed by atoms with Gasteiger partial charge in [-0.1, -0.05) is 44.7 Å². The Morgan fingerprint density at radius 1 is 0.913 bits per heavy atom. The Balaban J connectivity index is 2.62. The third-order valence-corrected chi connectivity index (χ3v) is 4.04. The number of esters is 1. The maximum atomic E-state index is 12.2. The van der Waals surface area contributed by atoms with Crippen molar-refractivity contribution in [1.29, 1.82) is 0 Å². The first-order valence-electron chi connectivity index (χ1n) is 8.34. The fourth-order valence-electron chi connectivity index (χ4n) is 2.12. The summed E-state index contributed by atoms with van der Waals surface area (Å²) in [7, 11) is -2.01. The summed E-state index contributed by atoms with van der Waals surface area (Å²) in [4.78, 5) is 24.4. The lowest BCUT2D eigenvalue weighted by molar-refractivity contribution is 0.0489. The van der Waals surface area contributed by atoms with Crippen molar-refractivity contribution < 1.29 is 18.8 Å². The van der Waals surface area contributed by atoms with Crippen LogP contribution in [0.25, 0.3) is 0 Å². The smallest absolute Gasteiger partial charge is 0.339 e. The van der Waals surface area contributed by atoms with Crippen LogP contribution < -0.4 is 0 Å². The highest BCUT2D eigenvalue weighted by molar-refractivity contribution is 6.71. The highest BCUT2D eigenvalue weighted by Crippen LogP contribution is 2.15. The quantitative estimate of drug-likeness (QED) is 0.369. The predicted molar refractivity (Wildman–Crippen MR) is 94.2 cm³/mol. The number of carbonyl (C=O) groups excluding carboxylic acids is 2. The molecule has 0 fully saturated rings. The van der Waals surface area contributed by atoms with Crippen molar-refractivity contribution in [3.63, 3.8) is 0 Å². The SMILES string of the molecule is CCCCCCCOC(=O)c1ccccc1C(=O)O[Si](C)(C)C. The van der Waals surface area contributed by atoms with E-state index in [9.17, 15) is 9.59 Å². The van der Waals surface area contributed by atoms with Gasteiger partial charge >= 0.3 is 11.9 Å². The standard InChI is InChI=1S/C18H28O4Si/c1-5-6-7-8-11-14-21-17(19)15-12-9-10-13-16(15)18(20)22-23(2,3)4/h9-10,12-13H,5-8,11,14H2,1-4H3. The molecule has 0 aliphatic heterocycles. The van der Waals surface area contributed by atoms with Crippen molar-refractivity contribution in [2.45, 2.75) is 58.7 Å². The maximum Gasteiger partial charge on any atom is 0.339 e. The van der Waals surface area contributed by atoms with E-state index >= 15 is 0 Å². The van der Waals surface area contributed by atoms with Crippen LogP contribution in [0.4, 0.5) is 0 Å². The molecule has 23 heavy (non-hydrogen) atoms. The number of hydrogen-bond acceptors (Lipinski definition) is 4. The molecule has 0 radical (unpaired) electrons. The summed E-state index contributed by atoms with van der Waals surface area (Å²) in [5.41, 5.74) is 0.565. The molecule has 4 nitrogen and oxygen atoms in total. The van der Waals surface area contributed by atoms with Crippen molar-refractivity contribution in [3.8, 4) is 0 Å². The Morgan fingerprint density at radius 3 is 2.04 bits per heavy atom. The van der Waals surface area contributed by atoms with Gasteiger partial charge in [0.05, 0.1) is 17.7 Å². The molecular formula is C18H28O4Si. The topological polar surface area (TPSA) is 52.6 Å². The third kappa shape index (κ3) is 7.46. The molecule has 0 unspecified atom stereocenters. The molecule has 5 heteroatoms. The van der Waals surface area contributed by atoms with E-state index in [-0.39, 0.29) is 11.1 Å². The van der Waals surface area contributed by atoms with Crippen molar-refractivity contribution in [2.24, 2.45) is 0 Å². The largest absolute Gasteiger partial charge is 0.516 e. The lowest BCUT2D eigenvalue weighted by atomic mass is 10.1. The number of unbranched alkanes of at least 4 members (excludes halogenated alkanes) is 4. The number of carbonyl (C=O) groups is 2. The average molecular weight is 337 g/mol. The molecule has 1 rings (SSSR count). The van der Waals surface area contributed by atoms with Crippen LogP contribution in [0.3, 0.4) is 0 Å². The summed E-state index contributed by atoms with van der Waals surface area (Å²) < 4.78 is 10.8. The van der Waals surface area contributed by atoms with Crippen molar-refractivity contribution >= 4 is 20.3 Å². The van der Waals surface area contributed by atoms with E-state index < -0.39 is 20.3 Å². The molecule has 0 amide bonds. The van der Waals surface area contributed by atoms with E-state index in [2.05, 4.69) is 6.92 Å². The van der Waals surface area contributed by atoms with E-state index in [1.165, 1.54) is 12.8 Å². The second-order valence-corrected chi connectivity index (χ2v) is 11.0. The van der Waals surface area contributed by atoms with E-state index in [1.54, 1.807) is 24.3 Å². The highest BCUT2D eigenvalue weighted by atomic mass is 28.4. The molecule has 0 aromatic heterocycles. The Hall–Kier alpha value is -1.62. The first-order chi connectivity index (χ1) is 10.8. The molecule has 1 aromatic rings. The minimum Gasteiger partial charge on any atom is -0.516 e. The van der Waals surface area contributed by atoms with Gasteiger partial charge in [0, 0.05) is 0 Å². The zero-order valence-electron chi connectivity index (χ0n) is 14.7. The van der Waals surface area contributed by atoms with Crippen molar-refractivity contribution in [2.75, 3.05) is 6.61 Å². The summed E-state index contributed by atoms with van der Waals surface area (Å²) in [6.45, 7) is 8.35. The summed E-state index contributed by atoms with van der Waals surface area (Å²) in [6.07, 6.45) is 5.46. The Morgan fingerprint density at radius 2 is 1.48 bits per heavy atom. The molecule has 0 heterocycles. The second kappa shape index (κ2) is 9.50. The molecule has 0 aliphatic rings. The van der Waals surface area contributed by atoms with Crippen LogP contribution in [0.2, 0.25) is 19.6 Å². The summed E-state index contributed by atoms with van der Waals surface area (Å²) >= 11 is 0. The number of ether oxygens (including phenoxy) is 1. The molecule has 0 saturated carbocycles. The van der Waals surface area contributed by atoms with Gasteiger partial charge in [-0.15, -0.1) is 0 Å². The van der Waals surface area contributed by atoms with Gasteiger partial charge in [0.15, 0.2) is 0 Å². The van der Waals surface area contributed by atoms with Crippen LogP contribution in [-0.4, -0.2) is 26.9 Å². The van der Waals surface area contributed by atoms with Gasteiger partial charge < -0.3 is 9.16 Å². The Labute approximate surface area is 140 Å². The van der Waals surface area contributed by atoms with E-state index in [1.807, 2.05) is 19.6 Å². The molecule has 1 aromatic carbocycles. The molecule has 128 valence electrons. The van der Waals surface area contributed by atoms with Crippen LogP contribution in [0, 0.1) is 0 Å². The maximum absolute atomic E-state index is 12.2. The fraction of sp³-hybridized carbons (Fsp3) is 0.556. The van der Waals surface area contributed by atoms with Crippen LogP contribution in [0.5, 0.6) is 0 Å². The lowest BCUT2D eigenvalue weighted by Crippen LogP contribution is -2.30. The highest BCUT2D eigenvalue weighted by Gasteiger charge is 2.24. The van der Waals surface area contributed by atoms with Gasteiger partial charge in [0.2, 0.25) is 8.32 Å². The van der Waals surface area contributed by atoms with Crippen LogP contribution in [0.15, 0.2) is 24.3 Å². The van der Waals surface area contributed by atoms with Crippen LogP contribution >= 0.6 is 0 Å². The summed E-state index contributed by atoms with van der Waals surface area (Å²) in [5.74, 6) is -0.900. The van der Waals surface area contributed by atoms with Crippen LogP contribution in [-0.2, 0) is 9.16 Å². The van der Waals surface area contributed by atoms with Gasteiger partial charge in [0.1, 0.15) is 0 Å². The minimum absolute atomic E-state index is 0.282. The monoisotopic (exact) mass is 336 g/mol. The van der Waals surface area contributed by atoms with E-state index in [0.717, 1.165) is 19.3 Å². The van der Waals surface area contributed by atoms with Gasteiger partial charge in [-0.25, -0.2) is 9.59 Å². The average Bonchev–Trinajstić information content (AvgIpc) is 2.49. The van der Waals surface area contributed by atoms with Gasteiger partial charge in [0.25, 0.3) is 0 Å². The van der Waals surface area contributed by atoms with Gasteiger partial charge in [-0.2, -0.15) is 0 Å². The van der Waals surface area contributed by atoms with Gasteiger partial charge in [-0.05, 0) is 38.2 Å². The van der Waals surface area contributed by atoms with Crippen molar-refractivity contribution in [1.82, 2.24) is 0 Å². The first-order valence-corrected chi connectivity index (χ1v) is 11.8. The Bertz CT molecular complexity index is 520. The number of benzene rings is 1. The van der Waals surface area contributed by atoms with Crippen LogP contribution in [0.1, 0.15) is 59.7 Å². The third-order valence-electron chi connectivity index (χ3n) is 3.25.